The number of nitrogens with two attached hydrogens (primary N) is 1. The van der Waals surface area contributed by atoms with Gasteiger partial charge in [0.15, 0.2) is 5.82 Å². The van der Waals surface area contributed by atoms with Gasteiger partial charge in [-0.1, -0.05) is 13.3 Å². The van der Waals surface area contributed by atoms with E-state index in [9.17, 15) is 4.79 Å². The molecule has 1 aliphatic heterocycles. The summed E-state index contributed by atoms with van der Waals surface area (Å²) in [5.41, 5.74) is 5.65. The van der Waals surface area contributed by atoms with Gasteiger partial charge in [0.25, 0.3) is 0 Å². The van der Waals surface area contributed by atoms with E-state index >= 15 is 0 Å². The summed E-state index contributed by atoms with van der Waals surface area (Å²) < 4.78 is 2.11. The molecule has 6 heteroatoms. The minimum absolute atomic E-state index is 0.0206. The van der Waals surface area contributed by atoms with Gasteiger partial charge in [0.1, 0.15) is 5.82 Å². The first kappa shape index (κ1) is 14.0. The Morgan fingerprint density at radius 1 is 1.53 bits per heavy atom. The molecule has 0 saturated heterocycles. The smallest absolute Gasteiger partial charge is 0.224 e. The largest absolute Gasteiger partial charge is 0.346 e. The van der Waals surface area contributed by atoms with E-state index in [-0.39, 0.29) is 17.9 Å². The van der Waals surface area contributed by atoms with Gasteiger partial charge in [-0.15, -0.1) is 10.2 Å². The summed E-state index contributed by atoms with van der Waals surface area (Å²) in [5, 5.41) is 11.4. The number of aromatic nitrogens is 3. The van der Waals surface area contributed by atoms with E-state index in [0.717, 1.165) is 43.9 Å². The Kier molecular flexibility index (Phi) is 4.52. The van der Waals surface area contributed by atoms with Crippen molar-refractivity contribution in [2.45, 2.75) is 52.1 Å². The van der Waals surface area contributed by atoms with Gasteiger partial charge >= 0.3 is 0 Å². The highest BCUT2D eigenvalue weighted by Gasteiger charge is 2.24. The minimum atomic E-state index is -0.113. The topological polar surface area (TPSA) is 85.8 Å². The summed E-state index contributed by atoms with van der Waals surface area (Å²) in [6.07, 6.45) is 3.88. The molecule has 1 aromatic heterocycles. The molecule has 2 unspecified atom stereocenters. The fourth-order valence-corrected chi connectivity index (χ4v) is 2.59. The van der Waals surface area contributed by atoms with E-state index < -0.39 is 0 Å². The second-order valence-electron chi connectivity index (χ2n) is 5.18. The Morgan fingerprint density at radius 2 is 2.32 bits per heavy atom. The van der Waals surface area contributed by atoms with Gasteiger partial charge in [0.2, 0.25) is 5.91 Å². The molecule has 106 valence electrons. The number of rotatable bonds is 6. The SMILES string of the molecule is CCCC(CN)C(=O)NC(C)c1nnc2n1CCC2. The zero-order chi connectivity index (χ0) is 13.8. The van der Waals surface area contributed by atoms with Crippen LogP contribution < -0.4 is 11.1 Å². The van der Waals surface area contributed by atoms with E-state index in [4.69, 9.17) is 5.73 Å². The highest BCUT2D eigenvalue weighted by atomic mass is 16.2. The Labute approximate surface area is 113 Å². The third kappa shape index (κ3) is 2.94. The minimum Gasteiger partial charge on any atom is -0.346 e. The van der Waals surface area contributed by atoms with Crippen molar-refractivity contribution >= 4 is 5.91 Å². The van der Waals surface area contributed by atoms with Gasteiger partial charge in [-0.2, -0.15) is 0 Å². The number of hydrogen-bond donors (Lipinski definition) is 2. The maximum absolute atomic E-state index is 12.1. The Balaban J connectivity index is 2.00. The molecule has 0 aliphatic carbocycles. The third-order valence-electron chi connectivity index (χ3n) is 3.68. The standard InChI is InChI=1S/C13H23N5O/c1-3-5-10(8-14)13(19)15-9(2)12-17-16-11-6-4-7-18(11)12/h9-10H,3-8,14H2,1-2H3,(H,15,19). The molecule has 1 aliphatic rings. The van der Waals surface area contributed by atoms with E-state index in [2.05, 4.69) is 27.0 Å². The Bertz CT molecular complexity index is 442. The van der Waals surface area contributed by atoms with Gasteiger partial charge in [0, 0.05) is 19.5 Å². The molecule has 0 bridgehead atoms. The lowest BCUT2D eigenvalue weighted by atomic mass is 10.0. The fraction of sp³-hybridized carbons (Fsp3) is 0.769. The van der Waals surface area contributed by atoms with Gasteiger partial charge < -0.3 is 15.6 Å². The first-order chi connectivity index (χ1) is 9.17. The number of nitrogens with zero attached hydrogens (tertiary/aromatic N) is 3. The number of amides is 1. The molecule has 6 nitrogen and oxygen atoms in total. The predicted molar refractivity (Wildman–Crippen MR) is 72.4 cm³/mol. The van der Waals surface area contributed by atoms with E-state index in [1.807, 2.05) is 6.92 Å². The van der Waals surface area contributed by atoms with Gasteiger partial charge in [-0.25, -0.2) is 0 Å². The van der Waals surface area contributed by atoms with Crippen molar-refractivity contribution in [2.24, 2.45) is 11.7 Å². The first-order valence-corrected chi connectivity index (χ1v) is 7.09. The van der Waals surface area contributed by atoms with Crippen molar-refractivity contribution in [1.29, 1.82) is 0 Å². The maximum atomic E-state index is 12.1. The molecule has 0 saturated carbocycles. The number of hydrogen-bond acceptors (Lipinski definition) is 4. The summed E-state index contributed by atoms with van der Waals surface area (Å²) in [6, 6.07) is -0.113. The van der Waals surface area contributed by atoms with E-state index in [1.165, 1.54) is 0 Å². The highest BCUT2D eigenvalue weighted by Crippen LogP contribution is 2.19. The normalized spacial score (nSPS) is 17.0. The van der Waals surface area contributed by atoms with Crippen LogP contribution in [-0.4, -0.2) is 27.2 Å². The zero-order valence-electron chi connectivity index (χ0n) is 11.7. The lowest BCUT2D eigenvalue weighted by molar-refractivity contribution is -0.125. The van der Waals surface area contributed by atoms with Gasteiger partial charge in [-0.05, 0) is 19.8 Å². The van der Waals surface area contributed by atoms with E-state index in [0.29, 0.717) is 6.54 Å². The molecule has 0 aromatic carbocycles. The van der Waals surface area contributed by atoms with Gasteiger partial charge in [-0.3, -0.25) is 4.79 Å². The zero-order valence-corrected chi connectivity index (χ0v) is 11.7. The molecule has 0 radical (unpaired) electrons. The number of carbonyl (C=O) groups is 1. The number of aryl methyl sites for hydroxylation is 1. The second-order valence-corrected chi connectivity index (χ2v) is 5.18. The molecule has 1 aromatic rings. The third-order valence-corrected chi connectivity index (χ3v) is 3.68. The summed E-state index contributed by atoms with van der Waals surface area (Å²) in [4.78, 5) is 12.1. The van der Waals surface area contributed by atoms with Crippen LogP contribution in [0, 0.1) is 5.92 Å². The Morgan fingerprint density at radius 3 is 3.00 bits per heavy atom. The quantitative estimate of drug-likeness (QED) is 0.795. The van der Waals surface area contributed by atoms with Crippen molar-refractivity contribution in [3.63, 3.8) is 0 Å². The summed E-state index contributed by atoms with van der Waals surface area (Å²) in [6.45, 7) is 5.36. The van der Waals surface area contributed by atoms with Crippen molar-refractivity contribution in [3.05, 3.63) is 11.6 Å². The molecule has 3 N–H and O–H groups in total. The van der Waals surface area contributed by atoms with Crippen molar-refractivity contribution in [1.82, 2.24) is 20.1 Å². The van der Waals surface area contributed by atoms with Crippen molar-refractivity contribution in [3.8, 4) is 0 Å². The molecule has 2 atom stereocenters. The van der Waals surface area contributed by atoms with E-state index in [1.54, 1.807) is 0 Å². The van der Waals surface area contributed by atoms with Crippen LogP contribution in [0.2, 0.25) is 0 Å². The number of carbonyl (C=O) groups excluding carboxylic acids is 1. The molecule has 19 heavy (non-hydrogen) atoms. The fourth-order valence-electron chi connectivity index (χ4n) is 2.59. The summed E-state index contributed by atoms with van der Waals surface area (Å²) in [5.74, 6) is 1.80. The lowest BCUT2D eigenvalue weighted by Gasteiger charge is -2.18. The molecule has 2 rings (SSSR count). The van der Waals surface area contributed by atoms with Crippen molar-refractivity contribution < 1.29 is 4.79 Å². The molecular formula is C13H23N5O. The van der Waals surface area contributed by atoms with Crippen LogP contribution in [0.4, 0.5) is 0 Å². The highest BCUT2D eigenvalue weighted by molar-refractivity contribution is 5.79. The average molecular weight is 265 g/mol. The predicted octanol–water partition coefficient (Wildman–Crippen LogP) is 0.776. The maximum Gasteiger partial charge on any atom is 0.224 e. The lowest BCUT2D eigenvalue weighted by Crippen LogP contribution is -2.37. The molecule has 1 amide bonds. The van der Waals surface area contributed by atoms with Crippen LogP contribution in [0.5, 0.6) is 0 Å². The summed E-state index contributed by atoms with van der Waals surface area (Å²) in [7, 11) is 0. The Hall–Kier alpha value is -1.43. The average Bonchev–Trinajstić information content (AvgIpc) is 2.97. The monoisotopic (exact) mass is 265 g/mol. The molecular weight excluding hydrogens is 242 g/mol. The first-order valence-electron chi connectivity index (χ1n) is 7.09. The van der Waals surface area contributed by atoms with Gasteiger partial charge in [0.05, 0.1) is 12.0 Å². The van der Waals surface area contributed by atoms with Crippen molar-refractivity contribution in [2.75, 3.05) is 6.54 Å². The summed E-state index contributed by atoms with van der Waals surface area (Å²) >= 11 is 0. The van der Waals surface area contributed by atoms with Crippen LogP contribution in [0.1, 0.15) is 50.8 Å². The van der Waals surface area contributed by atoms with Crippen LogP contribution in [0.15, 0.2) is 0 Å². The number of fused-ring (bicyclic) bond motifs is 1. The number of nitrogens with one attached hydrogen (secondary N) is 1. The van der Waals surface area contributed by atoms with Crippen LogP contribution in [0.3, 0.4) is 0 Å². The second kappa shape index (κ2) is 6.14. The van der Waals surface area contributed by atoms with Crippen LogP contribution in [-0.2, 0) is 17.8 Å². The molecule has 0 fully saturated rings. The molecule has 0 spiro atoms. The molecule has 2 heterocycles. The van der Waals surface area contributed by atoms with Crippen LogP contribution >= 0.6 is 0 Å². The van der Waals surface area contributed by atoms with Crippen LogP contribution in [0.25, 0.3) is 0 Å².